The van der Waals surface area contributed by atoms with Crippen LogP contribution >= 0.6 is 11.6 Å². The minimum Gasteiger partial charge on any atom is -1.00 e. The number of carbonyl (C=O) groups is 1. The Kier molecular flexibility index (Phi) is 8.43. The van der Waals surface area contributed by atoms with Crippen LogP contribution in [-0.2, 0) is 15.8 Å². The number of alkyl halides is 3. The van der Waals surface area contributed by atoms with Gasteiger partial charge < -0.3 is 11.0 Å². The molecule has 0 aliphatic rings. The van der Waals surface area contributed by atoms with Gasteiger partial charge in [-0.05, 0) is 30.3 Å². The Balaban J connectivity index is 0.00000392. The fourth-order valence-electron chi connectivity index (χ4n) is 1.91. The molecule has 0 spiro atoms. The molecule has 0 aliphatic heterocycles. The van der Waals surface area contributed by atoms with E-state index >= 15 is 0 Å². The third-order valence-electron chi connectivity index (χ3n) is 3.06. The van der Waals surface area contributed by atoms with E-state index < -0.39 is 22.6 Å². The SMILES string of the molecule is CC(=O)ON=Cc1cc(Oc2ccc(C(F)(F)F)cc2Cl)ccc1[N+](=O)[O-].[H-].[Na+]. The number of ether oxygens (including phenoxy) is 1. The molecule has 0 aromatic heterocycles. The Morgan fingerprint density at radius 3 is 2.50 bits per heavy atom. The van der Waals surface area contributed by atoms with Crippen LogP contribution in [0.25, 0.3) is 0 Å². The molecule has 144 valence electrons. The molecule has 2 aromatic carbocycles. The van der Waals surface area contributed by atoms with Gasteiger partial charge in [0.05, 0.1) is 27.3 Å². The fourth-order valence-corrected chi connectivity index (χ4v) is 2.13. The molecule has 2 rings (SSSR count). The molecule has 7 nitrogen and oxygen atoms in total. The number of benzene rings is 2. The maximum absolute atomic E-state index is 12.7. The van der Waals surface area contributed by atoms with Gasteiger partial charge in [-0.15, -0.1) is 0 Å². The number of oxime groups is 1. The van der Waals surface area contributed by atoms with E-state index in [9.17, 15) is 28.1 Å². The average Bonchev–Trinajstić information content (AvgIpc) is 2.55. The van der Waals surface area contributed by atoms with Crippen LogP contribution in [0.1, 0.15) is 19.5 Å². The molecule has 0 heterocycles. The number of hydrogen-bond acceptors (Lipinski definition) is 6. The summed E-state index contributed by atoms with van der Waals surface area (Å²) in [6, 6.07) is 6.04. The van der Waals surface area contributed by atoms with E-state index in [0.717, 1.165) is 31.3 Å². The van der Waals surface area contributed by atoms with Gasteiger partial charge in [-0.25, -0.2) is 4.79 Å². The van der Waals surface area contributed by atoms with E-state index in [4.69, 9.17) is 16.3 Å². The Hall–Kier alpha value is -2.14. The minimum absolute atomic E-state index is 0. The Labute approximate surface area is 185 Å². The van der Waals surface area contributed by atoms with Crippen molar-refractivity contribution < 1.29 is 63.4 Å². The van der Waals surface area contributed by atoms with Crippen molar-refractivity contribution in [3.8, 4) is 11.5 Å². The van der Waals surface area contributed by atoms with Gasteiger partial charge >= 0.3 is 41.7 Å². The molecule has 2 aromatic rings. The van der Waals surface area contributed by atoms with Crippen LogP contribution < -0.4 is 34.3 Å². The summed E-state index contributed by atoms with van der Waals surface area (Å²) < 4.78 is 43.4. The maximum atomic E-state index is 12.7. The first-order valence-corrected chi connectivity index (χ1v) is 7.49. The van der Waals surface area contributed by atoms with Crippen molar-refractivity contribution in [2.45, 2.75) is 13.1 Å². The number of nitro groups is 1. The molecule has 0 unspecified atom stereocenters. The van der Waals surface area contributed by atoms with E-state index in [-0.39, 0.29) is 58.8 Å². The molecule has 0 bridgehead atoms. The van der Waals surface area contributed by atoms with Crippen LogP contribution in [0.15, 0.2) is 41.6 Å². The molecule has 0 saturated heterocycles. The van der Waals surface area contributed by atoms with Crippen molar-refractivity contribution in [1.82, 2.24) is 0 Å². The zero-order valence-electron chi connectivity index (χ0n) is 15.5. The van der Waals surface area contributed by atoms with Crippen molar-refractivity contribution in [3.05, 3.63) is 62.7 Å². The van der Waals surface area contributed by atoms with Crippen LogP contribution in [0, 0.1) is 10.1 Å². The quantitative estimate of drug-likeness (QED) is 0.240. The Bertz CT molecular complexity index is 928. The van der Waals surface area contributed by atoms with E-state index in [0.29, 0.717) is 6.07 Å². The second-order valence-electron chi connectivity index (χ2n) is 5.04. The Morgan fingerprint density at radius 1 is 1.29 bits per heavy atom. The normalized spacial score (nSPS) is 11.0. The second kappa shape index (κ2) is 9.87. The Morgan fingerprint density at radius 2 is 1.96 bits per heavy atom. The molecule has 0 fully saturated rings. The van der Waals surface area contributed by atoms with Gasteiger partial charge in [0.2, 0.25) is 0 Å². The summed E-state index contributed by atoms with van der Waals surface area (Å²) in [5, 5.41) is 14.1. The number of nitrogens with zero attached hydrogens (tertiary/aromatic N) is 2. The van der Waals surface area contributed by atoms with Gasteiger partial charge in [-0.1, -0.05) is 16.8 Å². The van der Waals surface area contributed by atoms with Crippen LogP contribution in [0.4, 0.5) is 18.9 Å². The first-order chi connectivity index (χ1) is 12.6. The number of carbonyl (C=O) groups excluding carboxylic acids is 1. The molecule has 0 radical (unpaired) electrons. The van der Waals surface area contributed by atoms with Crippen molar-refractivity contribution in [2.75, 3.05) is 0 Å². The third-order valence-corrected chi connectivity index (χ3v) is 3.35. The molecule has 0 saturated carbocycles. The summed E-state index contributed by atoms with van der Waals surface area (Å²) in [7, 11) is 0. The molecule has 12 heteroatoms. The second-order valence-corrected chi connectivity index (χ2v) is 5.45. The minimum atomic E-state index is -4.56. The number of rotatable bonds is 5. The molecule has 0 aliphatic carbocycles. The standard InChI is InChI=1S/C16H10ClF3N2O5.Na.H/c1-9(23)27-21-8-10-6-12(3-4-14(10)22(24)25)26-15-5-2-11(7-13(15)17)16(18,19)20;;/h2-8H,1H3;;/q;+1;-1. The molecule has 0 N–H and O–H groups in total. The van der Waals surface area contributed by atoms with Crippen LogP contribution in [0.5, 0.6) is 11.5 Å². The van der Waals surface area contributed by atoms with Crippen molar-refractivity contribution in [1.29, 1.82) is 0 Å². The number of hydrogen-bond donors (Lipinski definition) is 0. The largest absolute Gasteiger partial charge is 1.00 e. The molecule has 0 atom stereocenters. The van der Waals surface area contributed by atoms with Crippen LogP contribution in [0.3, 0.4) is 0 Å². The van der Waals surface area contributed by atoms with Crippen molar-refractivity contribution in [2.24, 2.45) is 5.16 Å². The zero-order valence-corrected chi connectivity index (χ0v) is 17.2. The average molecular weight is 427 g/mol. The summed E-state index contributed by atoms with van der Waals surface area (Å²) in [4.78, 5) is 25.4. The summed E-state index contributed by atoms with van der Waals surface area (Å²) >= 11 is 5.81. The first kappa shape index (κ1) is 23.9. The molecule has 0 amide bonds. The predicted octanol–water partition coefficient (Wildman–Crippen LogP) is 2.07. The summed E-state index contributed by atoms with van der Waals surface area (Å²) in [5.41, 5.74) is -1.35. The van der Waals surface area contributed by atoms with Gasteiger partial charge in [-0.3, -0.25) is 10.1 Å². The molecular formula is C16H11ClF3N2NaO5. The van der Waals surface area contributed by atoms with Gasteiger partial charge in [-0.2, -0.15) is 13.2 Å². The van der Waals surface area contributed by atoms with Gasteiger partial charge in [0, 0.05) is 13.0 Å². The monoisotopic (exact) mass is 426 g/mol. The van der Waals surface area contributed by atoms with E-state index in [2.05, 4.69) is 9.99 Å². The fraction of sp³-hybridized carbons (Fsp3) is 0.125. The van der Waals surface area contributed by atoms with Crippen LogP contribution in [-0.4, -0.2) is 17.1 Å². The number of halogens is 4. The summed E-state index contributed by atoms with van der Waals surface area (Å²) in [6.45, 7) is 1.10. The van der Waals surface area contributed by atoms with Crippen molar-refractivity contribution in [3.63, 3.8) is 0 Å². The van der Waals surface area contributed by atoms with E-state index in [1.54, 1.807) is 0 Å². The molecular weight excluding hydrogens is 416 g/mol. The van der Waals surface area contributed by atoms with Gasteiger partial charge in [0.1, 0.15) is 11.5 Å². The van der Waals surface area contributed by atoms with Crippen molar-refractivity contribution >= 4 is 29.5 Å². The first-order valence-electron chi connectivity index (χ1n) is 7.12. The third kappa shape index (κ3) is 6.48. The van der Waals surface area contributed by atoms with E-state index in [1.165, 1.54) is 12.1 Å². The predicted molar refractivity (Wildman–Crippen MR) is 90.1 cm³/mol. The number of nitro benzene ring substituents is 1. The van der Waals surface area contributed by atoms with Gasteiger partial charge in [0.25, 0.3) is 5.69 Å². The van der Waals surface area contributed by atoms with Crippen LogP contribution in [0.2, 0.25) is 5.02 Å². The van der Waals surface area contributed by atoms with E-state index in [1.807, 2.05) is 0 Å². The summed E-state index contributed by atoms with van der Waals surface area (Å²) in [6.07, 6.45) is -3.63. The topological polar surface area (TPSA) is 91.0 Å². The summed E-state index contributed by atoms with van der Waals surface area (Å²) in [5.74, 6) is -0.759. The molecule has 28 heavy (non-hydrogen) atoms. The maximum Gasteiger partial charge on any atom is 1.00 e. The van der Waals surface area contributed by atoms with Gasteiger partial charge in [0.15, 0.2) is 0 Å². The zero-order chi connectivity index (χ0) is 20.2. The smallest absolute Gasteiger partial charge is 1.00 e.